The number of aromatic nitrogens is 3. The zero-order chi connectivity index (χ0) is 19.2. The number of carbonyl (C=O) groups is 2. The van der Waals surface area contributed by atoms with Crippen LogP contribution < -0.4 is 5.32 Å². The molecule has 27 heavy (non-hydrogen) atoms. The average Bonchev–Trinajstić information content (AvgIpc) is 3.07. The first-order chi connectivity index (χ1) is 13.0. The number of nitrogens with zero attached hydrogens (tertiary/aromatic N) is 5. The topological polar surface area (TPSA) is 83.4 Å². The fourth-order valence-electron chi connectivity index (χ4n) is 3.33. The van der Waals surface area contributed by atoms with E-state index in [4.69, 9.17) is 0 Å². The van der Waals surface area contributed by atoms with Crippen molar-refractivity contribution in [2.75, 3.05) is 40.3 Å². The number of hydrogen-bond acceptors (Lipinski definition) is 5. The van der Waals surface area contributed by atoms with E-state index in [9.17, 15) is 9.59 Å². The van der Waals surface area contributed by atoms with Gasteiger partial charge in [0, 0.05) is 39.1 Å². The third kappa shape index (κ3) is 5.03. The fourth-order valence-corrected chi connectivity index (χ4v) is 3.33. The van der Waals surface area contributed by atoms with Crippen LogP contribution in [0, 0.1) is 5.92 Å². The van der Waals surface area contributed by atoms with Gasteiger partial charge < -0.3 is 15.1 Å². The summed E-state index contributed by atoms with van der Waals surface area (Å²) < 4.78 is 1.86. The van der Waals surface area contributed by atoms with E-state index in [0.717, 1.165) is 24.0 Å². The Bertz CT molecular complexity index is 787. The van der Waals surface area contributed by atoms with E-state index in [1.54, 1.807) is 0 Å². The van der Waals surface area contributed by atoms with Gasteiger partial charge in [0.1, 0.15) is 5.52 Å². The quantitative estimate of drug-likeness (QED) is 0.691. The van der Waals surface area contributed by atoms with Crippen LogP contribution in [0.3, 0.4) is 0 Å². The fraction of sp³-hybridized carbons (Fsp3) is 0.579. The van der Waals surface area contributed by atoms with Crippen molar-refractivity contribution in [1.82, 2.24) is 30.1 Å². The number of para-hydroxylation sites is 1. The van der Waals surface area contributed by atoms with Crippen LogP contribution in [0.15, 0.2) is 24.3 Å². The maximum atomic E-state index is 12.5. The predicted molar refractivity (Wildman–Crippen MR) is 103 cm³/mol. The van der Waals surface area contributed by atoms with Gasteiger partial charge in [-0.3, -0.25) is 9.59 Å². The number of piperidine rings is 1. The minimum absolute atomic E-state index is 0.0424. The number of rotatable bonds is 8. The first-order valence-corrected chi connectivity index (χ1v) is 9.53. The van der Waals surface area contributed by atoms with Crippen LogP contribution in [-0.2, 0) is 16.1 Å². The Balaban J connectivity index is 1.43. The van der Waals surface area contributed by atoms with E-state index in [0.29, 0.717) is 39.0 Å². The van der Waals surface area contributed by atoms with Gasteiger partial charge >= 0.3 is 0 Å². The second-order valence-electron chi connectivity index (χ2n) is 7.32. The molecule has 2 heterocycles. The molecule has 1 aromatic heterocycles. The lowest BCUT2D eigenvalue weighted by Crippen LogP contribution is -2.47. The molecule has 0 saturated carbocycles. The monoisotopic (exact) mass is 372 g/mol. The highest BCUT2D eigenvalue weighted by molar-refractivity contribution is 5.83. The number of fused-ring (bicyclic) bond motifs is 1. The number of aryl methyl sites for hydroxylation is 1. The predicted octanol–water partition coefficient (Wildman–Crippen LogP) is 0.738. The van der Waals surface area contributed by atoms with Gasteiger partial charge in [0.2, 0.25) is 11.8 Å². The molecule has 1 aliphatic rings. The van der Waals surface area contributed by atoms with Crippen LogP contribution in [-0.4, -0.2) is 76.9 Å². The SMILES string of the molecule is CN(C)CCN1CC(C(=O)NCCCn2nnc3ccccc32)CCC1=O. The van der Waals surface area contributed by atoms with Crippen molar-refractivity contribution in [3.8, 4) is 0 Å². The number of nitrogens with one attached hydrogen (secondary N) is 1. The number of hydrogen-bond donors (Lipinski definition) is 1. The maximum absolute atomic E-state index is 12.5. The van der Waals surface area contributed by atoms with E-state index >= 15 is 0 Å². The number of benzene rings is 1. The number of amides is 2. The molecule has 1 atom stereocenters. The molecule has 1 fully saturated rings. The van der Waals surface area contributed by atoms with Crippen molar-refractivity contribution < 1.29 is 9.59 Å². The van der Waals surface area contributed by atoms with Gasteiger partial charge in [0.05, 0.1) is 11.4 Å². The van der Waals surface area contributed by atoms with Crippen LogP contribution in [0.1, 0.15) is 19.3 Å². The Morgan fingerprint density at radius 1 is 1.30 bits per heavy atom. The number of carbonyl (C=O) groups excluding carboxylic acids is 2. The molecule has 8 nitrogen and oxygen atoms in total. The molecule has 0 radical (unpaired) electrons. The molecular formula is C19H28N6O2. The minimum Gasteiger partial charge on any atom is -0.356 e. The van der Waals surface area contributed by atoms with Crippen molar-refractivity contribution >= 4 is 22.8 Å². The molecule has 1 unspecified atom stereocenters. The van der Waals surface area contributed by atoms with E-state index in [2.05, 4.69) is 15.6 Å². The number of likely N-dealkylation sites (tertiary alicyclic amines) is 1. The second kappa shape index (κ2) is 8.94. The van der Waals surface area contributed by atoms with Gasteiger partial charge in [-0.05, 0) is 39.1 Å². The van der Waals surface area contributed by atoms with Crippen LogP contribution in [0.2, 0.25) is 0 Å². The number of likely N-dealkylation sites (N-methyl/N-ethyl adjacent to an activating group) is 1. The first kappa shape index (κ1) is 19.3. The molecular weight excluding hydrogens is 344 g/mol. The Morgan fingerprint density at radius 3 is 2.93 bits per heavy atom. The van der Waals surface area contributed by atoms with Crippen LogP contribution in [0.5, 0.6) is 0 Å². The van der Waals surface area contributed by atoms with E-state index in [1.807, 2.05) is 52.8 Å². The third-order valence-electron chi connectivity index (χ3n) is 4.95. The zero-order valence-electron chi connectivity index (χ0n) is 16.1. The molecule has 2 amide bonds. The second-order valence-corrected chi connectivity index (χ2v) is 7.32. The highest BCUT2D eigenvalue weighted by atomic mass is 16.2. The Hall–Kier alpha value is -2.48. The van der Waals surface area contributed by atoms with Crippen molar-refractivity contribution in [3.05, 3.63) is 24.3 Å². The highest BCUT2D eigenvalue weighted by Crippen LogP contribution is 2.17. The molecule has 1 aliphatic heterocycles. The Kier molecular flexibility index (Phi) is 6.39. The van der Waals surface area contributed by atoms with Gasteiger partial charge in [-0.15, -0.1) is 5.10 Å². The molecule has 0 spiro atoms. The maximum Gasteiger partial charge on any atom is 0.224 e. The molecule has 3 rings (SSSR count). The normalized spacial score (nSPS) is 17.7. The van der Waals surface area contributed by atoms with E-state index < -0.39 is 0 Å². The van der Waals surface area contributed by atoms with Crippen molar-refractivity contribution in [1.29, 1.82) is 0 Å². The molecule has 1 N–H and O–H groups in total. The van der Waals surface area contributed by atoms with Crippen LogP contribution in [0.25, 0.3) is 11.0 Å². The molecule has 8 heteroatoms. The Labute approximate surface area is 159 Å². The minimum atomic E-state index is -0.114. The summed E-state index contributed by atoms with van der Waals surface area (Å²) in [6, 6.07) is 7.84. The molecule has 0 aliphatic carbocycles. The van der Waals surface area contributed by atoms with Gasteiger partial charge in [-0.1, -0.05) is 17.3 Å². The summed E-state index contributed by atoms with van der Waals surface area (Å²) in [4.78, 5) is 28.4. The summed E-state index contributed by atoms with van der Waals surface area (Å²) >= 11 is 0. The summed E-state index contributed by atoms with van der Waals surface area (Å²) in [6.07, 6.45) is 1.88. The summed E-state index contributed by atoms with van der Waals surface area (Å²) in [5, 5.41) is 11.3. The van der Waals surface area contributed by atoms with Gasteiger partial charge in [-0.25, -0.2) is 4.68 Å². The molecule has 2 aromatic rings. The first-order valence-electron chi connectivity index (χ1n) is 9.53. The molecule has 1 saturated heterocycles. The van der Waals surface area contributed by atoms with Gasteiger partial charge in [0.15, 0.2) is 0 Å². The third-order valence-corrected chi connectivity index (χ3v) is 4.95. The highest BCUT2D eigenvalue weighted by Gasteiger charge is 2.29. The average molecular weight is 372 g/mol. The van der Waals surface area contributed by atoms with Gasteiger partial charge in [0.25, 0.3) is 0 Å². The Morgan fingerprint density at radius 2 is 2.11 bits per heavy atom. The lowest BCUT2D eigenvalue weighted by Gasteiger charge is -2.32. The van der Waals surface area contributed by atoms with Crippen molar-refractivity contribution in [2.24, 2.45) is 5.92 Å². The molecule has 0 bridgehead atoms. The standard InChI is InChI=1S/C19H28N6O2/c1-23(2)12-13-24-14-15(8-9-18(24)26)19(27)20-10-5-11-25-17-7-4-3-6-16(17)21-22-25/h3-4,6-7,15H,5,8-14H2,1-2H3,(H,20,27). The zero-order valence-corrected chi connectivity index (χ0v) is 16.1. The largest absolute Gasteiger partial charge is 0.356 e. The van der Waals surface area contributed by atoms with E-state index in [-0.39, 0.29) is 17.7 Å². The summed E-state index contributed by atoms with van der Waals surface area (Å²) in [7, 11) is 3.97. The van der Waals surface area contributed by atoms with Crippen LogP contribution >= 0.6 is 0 Å². The summed E-state index contributed by atoms with van der Waals surface area (Å²) in [6.45, 7) is 3.31. The van der Waals surface area contributed by atoms with Crippen molar-refractivity contribution in [2.45, 2.75) is 25.8 Å². The molecule has 1 aromatic carbocycles. The van der Waals surface area contributed by atoms with Gasteiger partial charge in [-0.2, -0.15) is 0 Å². The van der Waals surface area contributed by atoms with Crippen LogP contribution in [0.4, 0.5) is 0 Å². The molecule has 146 valence electrons. The van der Waals surface area contributed by atoms with Crippen molar-refractivity contribution in [3.63, 3.8) is 0 Å². The lowest BCUT2D eigenvalue weighted by atomic mass is 9.96. The summed E-state index contributed by atoms with van der Waals surface area (Å²) in [5.41, 5.74) is 1.89. The van der Waals surface area contributed by atoms with E-state index in [1.165, 1.54) is 0 Å². The lowest BCUT2D eigenvalue weighted by molar-refractivity contribution is -0.138. The smallest absolute Gasteiger partial charge is 0.224 e. The summed E-state index contributed by atoms with van der Waals surface area (Å²) in [5.74, 6) is 0.0804.